The Hall–Kier alpha value is -7.06. The van der Waals surface area contributed by atoms with E-state index >= 15 is 24.0 Å². The van der Waals surface area contributed by atoms with Gasteiger partial charge in [-0.25, -0.2) is 0 Å². The maximum Gasteiger partial charge on any atom is 0.417 e. The Morgan fingerprint density at radius 2 is 1.22 bits per heavy atom. The monoisotopic (exact) mass is 1430 g/mol. The van der Waals surface area contributed by atoms with Crippen LogP contribution in [0.1, 0.15) is 187 Å². The highest BCUT2D eigenvalue weighted by Crippen LogP contribution is 2.39. The zero-order valence-corrected chi connectivity index (χ0v) is 61.5. The molecule has 24 nitrogen and oxygen atoms in total. The number of benzene rings is 1. The van der Waals surface area contributed by atoms with Crippen LogP contribution in [0.4, 0.5) is 13.2 Å². The predicted molar refractivity (Wildman–Crippen MR) is 369 cm³/mol. The molecule has 558 valence electrons. The van der Waals surface area contributed by atoms with E-state index in [0.717, 1.165) is 78.2 Å². The van der Waals surface area contributed by atoms with Gasteiger partial charge in [0, 0.05) is 69.0 Å². The lowest BCUT2D eigenvalue weighted by Crippen LogP contribution is -2.65. The molecule has 0 unspecified atom stereocenters. The van der Waals surface area contributed by atoms with Crippen LogP contribution in [0.2, 0.25) is 5.02 Å². The largest absolute Gasteiger partial charge is 0.417 e. The summed E-state index contributed by atoms with van der Waals surface area (Å²) in [6.07, 6.45) is 6.26. The van der Waals surface area contributed by atoms with Crippen molar-refractivity contribution in [3.05, 3.63) is 34.3 Å². The first-order valence-corrected chi connectivity index (χ1v) is 36.7. The fourth-order valence-corrected chi connectivity index (χ4v) is 16.0. The molecule has 6 aliphatic rings. The van der Waals surface area contributed by atoms with Crippen molar-refractivity contribution in [3.8, 4) is 0 Å². The molecule has 7 rings (SSSR count). The number of carbonyl (C=O) groups is 12. The van der Waals surface area contributed by atoms with Gasteiger partial charge in [-0.2, -0.15) is 13.2 Å². The van der Waals surface area contributed by atoms with Gasteiger partial charge >= 0.3 is 6.18 Å². The number of carbonyl (C=O) groups excluding carboxylic acids is 12. The van der Waals surface area contributed by atoms with E-state index in [1.807, 2.05) is 20.8 Å². The van der Waals surface area contributed by atoms with E-state index in [-0.39, 0.29) is 63.3 Å². The number of alkyl halides is 3. The van der Waals surface area contributed by atoms with Crippen molar-refractivity contribution >= 4 is 82.5 Å². The molecule has 0 radical (unpaired) electrons. The second kappa shape index (κ2) is 35.7. The van der Waals surface area contributed by atoms with Crippen LogP contribution in [0.15, 0.2) is 18.2 Å². The van der Waals surface area contributed by atoms with Crippen LogP contribution >= 0.6 is 11.6 Å². The lowest BCUT2D eigenvalue weighted by molar-refractivity contribution is -0.156. The first-order valence-electron chi connectivity index (χ1n) is 36.4. The van der Waals surface area contributed by atoms with Gasteiger partial charge < -0.3 is 60.0 Å². The average molecular weight is 1430 g/mol. The minimum atomic E-state index is -4.76. The third-order valence-corrected chi connectivity index (χ3v) is 22.4. The van der Waals surface area contributed by atoms with Gasteiger partial charge in [0.05, 0.1) is 36.6 Å². The molecule has 1 spiro atoms. The number of rotatable bonds is 11. The summed E-state index contributed by atoms with van der Waals surface area (Å²) in [7, 11) is 10.0. The van der Waals surface area contributed by atoms with Gasteiger partial charge in [0.25, 0.3) is 0 Å². The summed E-state index contributed by atoms with van der Waals surface area (Å²) >= 11 is 6.16. The highest BCUT2D eigenvalue weighted by molar-refractivity contribution is 6.31. The highest BCUT2D eigenvalue weighted by Gasteiger charge is 2.52. The van der Waals surface area contributed by atoms with E-state index in [9.17, 15) is 46.7 Å². The third kappa shape index (κ3) is 20.0. The van der Waals surface area contributed by atoms with Gasteiger partial charge in [-0.15, -0.1) is 0 Å². The standard InChI is InChI=1S/C72H110ClF3N12O12/c1-12-46(4)61-68(98)82(7)43-59(91)80(5)44-60(92)84(9)55(40-47-24-15-13-16-25-47)66(96)81(6)42-57(89)77-52(32-30-48-29-31-50(51(73)39-48)72(74,75)76)65(95)88-37-23-28-53(88)64(94)79-71(33-19-20-34-71)70(100)86(11)62(49-26-17-14-18-27-49)69(99)85(10)56(67(97)87-35-21-22-36-87)41-58(90)83(8)54(38-45(2)3)63(93)78-61/h29,31,39,45-47,49,52-56,61-62H,12-28,30,32-38,40-44H2,1-11H3,(H,77,89)(H,78,93)(H,79,94)/t46-,52-,53-,54-,55-,56+,61-,62-/m0/s1. The van der Waals surface area contributed by atoms with E-state index in [1.165, 1.54) is 79.9 Å². The molecule has 3 aliphatic heterocycles. The lowest BCUT2D eigenvalue weighted by atomic mass is 9.81. The summed E-state index contributed by atoms with van der Waals surface area (Å²) in [5.74, 6) is -8.69. The van der Waals surface area contributed by atoms with Crippen LogP contribution in [0, 0.1) is 23.7 Å². The lowest BCUT2D eigenvalue weighted by Gasteiger charge is -2.43. The van der Waals surface area contributed by atoms with E-state index in [1.54, 1.807) is 11.8 Å². The van der Waals surface area contributed by atoms with Crippen LogP contribution < -0.4 is 16.0 Å². The third-order valence-electron chi connectivity index (χ3n) is 22.1. The second-order valence-electron chi connectivity index (χ2n) is 29.8. The van der Waals surface area contributed by atoms with Gasteiger partial charge in [0.1, 0.15) is 47.8 Å². The van der Waals surface area contributed by atoms with E-state index in [0.29, 0.717) is 70.0 Å². The average Bonchev–Trinajstić information content (AvgIpc) is 1.45. The maximum absolute atomic E-state index is 15.8. The summed E-state index contributed by atoms with van der Waals surface area (Å²) in [4.78, 5) is 191. The Balaban J connectivity index is 1.28. The number of nitrogens with one attached hydrogen (secondary N) is 3. The molecule has 3 aliphatic carbocycles. The van der Waals surface area contributed by atoms with Gasteiger partial charge in [-0.3, -0.25) is 57.5 Å². The summed E-state index contributed by atoms with van der Waals surface area (Å²) in [5, 5.41) is 8.18. The van der Waals surface area contributed by atoms with Crippen molar-refractivity contribution in [1.29, 1.82) is 0 Å². The molecule has 12 amide bonds. The molecular weight excluding hydrogens is 1320 g/mol. The zero-order valence-electron chi connectivity index (χ0n) is 60.7. The number of hydrogen-bond donors (Lipinski definition) is 3. The predicted octanol–water partition coefficient (Wildman–Crippen LogP) is 6.03. The first-order chi connectivity index (χ1) is 47.2. The normalized spacial score (nSPS) is 26.8. The Morgan fingerprint density at radius 1 is 0.620 bits per heavy atom. The topological polar surface area (TPSA) is 270 Å². The van der Waals surface area contributed by atoms with Crippen LogP contribution in [0.25, 0.3) is 0 Å². The van der Waals surface area contributed by atoms with Crippen molar-refractivity contribution in [2.24, 2.45) is 23.7 Å². The SMILES string of the molecule is CC[C@H](C)[C@@H]1NC(=O)[C@H](CC(C)C)N(C)C(=O)C[C@H](C(=O)N2CCCC2)N(C)C(=O)[C@H](C2CCCCC2)N(C)C(=O)C2(CCCC2)NC(=O)[C@@H]2CCCN2C(=O)[C@H](CCc2ccc(C(F)(F)F)c(Cl)c2)NC(=O)CN(C)C(=O)[C@H](CC2CCCCC2)N(C)C(=O)CN(C)C(=O)CN(C)C1=O. The van der Waals surface area contributed by atoms with Gasteiger partial charge in [0.15, 0.2) is 0 Å². The van der Waals surface area contributed by atoms with Crippen molar-refractivity contribution in [2.45, 2.75) is 236 Å². The zero-order chi connectivity index (χ0) is 73.7. The number of halogens is 4. The minimum absolute atomic E-state index is 0.0201. The number of fused-ring (bicyclic) bond motifs is 1. The Bertz CT molecular complexity index is 3120. The maximum atomic E-state index is 15.8. The molecule has 28 heteroatoms. The molecule has 1 aromatic rings. The summed E-state index contributed by atoms with van der Waals surface area (Å²) in [5.41, 5.74) is -2.33. The summed E-state index contributed by atoms with van der Waals surface area (Å²) in [6.45, 7) is 6.46. The smallest absolute Gasteiger partial charge is 0.343 e. The number of aryl methyl sites for hydroxylation is 1. The van der Waals surface area contributed by atoms with Gasteiger partial charge in [-0.1, -0.05) is 116 Å². The fourth-order valence-electron chi connectivity index (χ4n) is 15.7. The second-order valence-corrected chi connectivity index (χ2v) is 30.2. The fraction of sp³-hybridized carbons (Fsp3) is 0.750. The molecule has 100 heavy (non-hydrogen) atoms. The Kier molecular flexibility index (Phi) is 28.7. The number of amides is 12. The number of nitrogens with zero attached hydrogens (tertiary/aromatic N) is 9. The van der Waals surface area contributed by atoms with Crippen LogP contribution in [0.5, 0.6) is 0 Å². The van der Waals surface area contributed by atoms with Crippen LogP contribution in [-0.4, -0.2) is 251 Å². The van der Waals surface area contributed by atoms with Crippen molar-refractivity contribution in [1.82, 2.24) is 60.0 Å². The molecule has 3 saturated carbocycles. The molecular formula is C72H110ClF3N12O12. The number of likely N-dealkylation sites (tertiary alicyclic amines) is 1. The van der Waals surface area contributed by atoms with Crippen molar-refractivity contribution in [3.63, 3.8) is 0 Å². The summed E-state index contributed by atoms with van der Waals surface area (Å²) in [6, 6.07) is -5.50. The molecule has 1 aromatic carbocycles. The van der Waals surface area contributed by atoms with E-state index in [4.69, 9.17) is 11.6 Å². The van der Waals surface area contributed by atoms with E-state index < -0.39 is 173 Å². The molecule has 3 N–H and O–H groups in total. The molecule has 0 bridgehead atoms. The van der Waals surface area contributed by atoms with Crippen LogP contribution in [0.3, 0.4) is 0 Å². The Morgan fingerprint density at radius 3 is 1.82 bits per heavy atom. The van der Waals surface area contributed by atoms with Gasteiger partial charge in [-0.05, 0) is 118 Å². The number of likely N-dealkylation sites (N-methyl/N-ethyl adjacent to an activating group) is 7. The Labute approximate surface area is 593 Å². The summed E-state index contributed by atoms with van der Waals surface area (Å²) < 4.78 is 41.6. The first kappa shape index (κ1) is 80.3. The molecule has 3 heterocycles. The molecule has 8 atom stereocenters. The molecule has 6 fully saturated rings. The van der Waals surface area contributed by atoms with Crippen LogP contribution in [-0.2, 0) is 70.1 Å². The quantitative estimate of drug-likeness (QED) is 0.229. The van der Waals surface area contributed by atoms with Crippen molar-refractivity contribution in [2.75, 3.05) is 88.6 Å². The molecule has 3 saturated heterocycles. The minimum Gasteiger partial charge on any atom is -0.343 e. The van der Waals surface area contributed by atoms with Gasteiger partial charge in [0.2, 0.25) is 70.9 Å². The molecule has 0 aromatic heterocycles. The van der Waals surface area contributed by atoms with E-state index in [2.05, 4.69) is 16.0 Å². The van der Waals surface area contributed by atoms with Crippen molar-refractivity contribution < 1.29 is 70.7 Å². The highest BCUT2D eigenvalue weighted by atomic mass is 35.5. The number of hydrogen-bond acceptors (Lipinski definition) is 12.